The number of hydrogen-bond donors (Lipinski definition) is 0. The molecule has 3 rings (SSSR count). The molecule has 0 aliphatic heterocycles. The lowest BCUT2D eigenvalue weighted by Crippen LogP contribution is -2.09. The van der Waals surface area contributed by atoms with Gasteiger partial charge < -0.3 is 4.74 Å². The van der Waals surface area contributed by atoms with E-state index < -0.39 is 15.8 Å². The quantitative estimate of drug-likeness (QED) is 0.188. The molecular formula is C22H16N2O7. The van der Waals surface area contributed by atoms with Gasteiger partial charge in [-0.25, -0.2) is 4.79 Å². The SMILES string of the molecule is Cc1cc(C(=O)Oc2ccc(C(=O)c3ccc([N+](=O)[O-])c(C)c3)cc2)ccc1[N+](=O)[O-]. The highest BCUT2D eigenvalue weighted by Gasteiger charge is 2.17. The van der Waals surface area contributed by atoms with E-state index in [9.17, 15) is 29.8 Å². The van der Waals surface area contributed by atoms with Crippen LogP contribution in [0.15, 0.2) is 60.7 Å². The minimum Gasteiger partial charge on any atom is -0.423 e. The Labute approximate surface area is 176 Å². The first kappa shape index (κ1) is 21.3. The van der Waals surface area contributed by atoms with Gasteiger partial charge in [-0.05, 0) is 62.4 Å². The van der Waals surface area contributed by atoms with Gasteiger partial charge in [0.15, 0.2) is 5.78 Å². The Morgan fingerprint density at radius 3 is 1.65 bits per heavy atom. The van der Waals surface area contributed by atoms with Crippen LogP contribution in [0.1, 0.15) is 37.4 Å². The van der Waals surface area contributed by atoms with Gasteiger partial charge in [-0.2, -0.15) is 0 Å². The number of rotatable bonds is 6. The molecule has 3 aromatic carbocycles. The summed E-state index contributed by atoms with van der Waals surface area (Å²) >= 11 is 0. The van der Waals surface area contributed by atoms with Gasteiger partial charge in [-0.3, -0.25) is 25.0 Å². The summed E-state index contributed by atoms with van der Waals surface area (Å²) < 4.78 is 5.26. The fourth-order valence-corrected chi connectivity index (χ4v) is 3.00. The molecule has 0 radical (unpaired) electrons. The van der Waals surface area contributed by atoms with Crippen LogP contribution in [0.25, 0.3) is 0 Å². The van der Waals surface area contributed by atoms with Crippen molar-refractivity contribution in [3.63, 3.8) is 0 Å². The normalized spacial score (nSPS) is 10.4. The number of hydrogen-bond acceptors (Lipinski definition) is 7. The molecule has 0 N–H and O–H groups in total. The van der Waals surface area contributed by atoms with Gasteiger partial charge in [0.05, 0.1) is 15.4 Å². The molecule has 0 unspecified atom stereocenters. The first-order chi connectivity index (χ1) is 14.7. The number of benzene rings is 3. The van der Waals surface area contributed by atoms with Crippen molar-refractivity contribution in [1.29, 1.82) is 0 Å². The maximum Gasteiger partial charge on any atom is 0.343 e. The minimum atomic E-state index is -0.692. The topological polar surface area (TPSA) is 130 Å². The lowest BCUT2D eigenvalue weighted by Gasteiger charge is -2.07. The van der Waals surface area contributed by atoms with E-state index in [0.717, 1.165) is 0 Å². The smallest absolute Gasteiger partial charge is 0.343 e. The second-order valence-corrected chi connectivity index (χ2v) is 6.76. The van der Waals surface area contributed by atoms with Crippen molar-refractivity contribution >= 4 is 23.1 Å². The van der Waals surface area contributed by atoms with E-state index in [1.165, 1.54) is 67.6 Å². The summed E-state index contributed by atoms with van der Waals surface area (Å²) in [6.45, 7) is 3.08. The number of nitro benzene ring substituents is 2. The van der Waals surface area contributed by atoms with Crippen molar-refractivity contribution in [3.8, 4) is 5.75 Å². The highest BCUT2D eigenvalue weighted by molar-refractivity contribution is 6.09. The Morgan fingerprint density at radius 1 is 0.710 bits per heavy atom. The van der Waals surface area contributed by atoms with Crippen molar-refractivity contribution in [3.05, 3.63) is 109 Å². The van der Waals surface area contributed by atoms with E-state index in [-0.39, 0.29) is 28.5 Å². The molecule has 0 atom stereocenters. The number of carbonyl (C=O) groups excluding carboxylic acids is 2. The predicted octanol–water partition coefficient (Wildman–Crippen LogP) is 4.57. The second-order valence-electron chi connectivity index (χ2n) is 6.76. The molecule has 9 heteroatoms. The van der Waals surface area contributed by atoms with E-state index >= 15 is 0 Å². The maximum atomic E-state index is 12.6. The van der Waals surface area contributed by atoms with Crippen molar-refractivity contribution in [2.45, 2.75) is 13.8 Å². The molecule has 0 aliphatic carbocycles. The molecule has 9 nitrogen and oxygen atoms in total. The summed E-state index contributed by atoms with van der Waals surface area (Å²) in [6, 6.07) is 13.9. The number of ketones is 1. The molecule has 0 aromatic heterocycles. The van der Waals surface area contributed by atoms with E-state index in [4.69, 9.17) is 4.74 Å². The third-order valence-corrected chi connectivity index (χ3v) is 4.61. The standard InChI is InChI=1S/C22H16N2O7/c1-13-11-16(5-9-19(13)23(27)28)21(25)15-3-7-18(8-4-15)31-22(26)17-6-10-20(24(29)30)14(2)12-17/h3-12H,1-2H3. The fraction of sp³-hybridized carbons (Fsp3) is 0.0909. The first-order valence-electron chi connectivity index (χ1n) is 9.04. The van der Waals surface area contributed by atoms with Crippen molar-refractivity contribution in [1.82, 2.24) is 0 Å². The molecule has 0 fully saturated rings. The summed E-state index contributed by atoms with van der Waals surface area (Å²) in [4.78, 5) is 45.7. The zero-order chi connectivity index (χ0) is 22.7. The van der Waals surface area contributed by atoms with E-state index in [2.05, 4.69) is 0 Å². The van der Waals surface area contributed by atoms with Gasteiger partial charge in [0.2, 0.25) is 0 Å². The van der Waals surface area contributed by atoms with Gasteiger partial charge in [-0.1, -0.05) is 0 Å². The molecule has 0 heterocycles. The monoisotopic (exact) mass is 420 g/mol. The maximum absolute atomic E-state index is 12.6. The zero-order valence-electron chi connectivity index (χ0n) is 16.5. The van der Waals surface area contributed by atoms with Gasteiger partial charge in [0, 0.05) is 34.4 Å². The Kier molecular flexibility index (Phi) is 5.87. The third kappa shape index (κ3) is 4.61. The van der Waals surface area contributed by atoms with Gasteiger partial charge in [0.25, 0.3) is 11.4 Å². The van der Waals surface area contributed by atoms with Crippen LogP contribution in [0.2, 0.25) is 0 Å². The highest BCUT2D eigenvalue weighted by Crippen LogP contribution is 2.23. The van der Waals surface area contributed by atoms with Crippen LogP contribution in [0.5, 0.6) is 5.75 Å². The van der Waals surface area contributed by atoms with Crippen LogP contribution < -0.4 is 4.74 Å². The van der Waals surface area contributed by atoms with Crippen LogP contribution in [0.3, 0.4) is 0 Å². The molecule has 31 heavy (non-hydrogen) atoms. The number of carbonyl (C=O) groups is 2. The van der Waals surface area contributed by atoms with E-state index in [0.29, 0.717) is 22.3 Å². The molecule has 0 spiro atoms. The number of ether oxygens (including phenoxy) is 1. The first-order valence-corrected chi connectivity index (χ1v) is 9.04. The average Bonchev–Trinajstić information content (AvgIpc) is 2.73. The number of aryl methyl sites for hydroxylation is 2. The van der Waals surface area contributed by atoms with Crippen LogP contribution in [-0.4, -0.2) is 21.6 Å². The molecule has 156 valence electrons. The van der Waals surface area contributed by atoms with Crippen LogP contribution in [-0.2, 0) is 0 Å². The summed E-state index contributed by atoms with van der Waals surface area (Å²) in [7, 11) is 0. The molecule has 0 saturated heterocycles. The number of nitro groups is 2. The molecule has 0 saturated carbocycles. The van der Waals surface area contributed by atoms with Gasteiger partial charge >= 0.3 is 5.97 Å². The Bertz CT molecular complexity index is 1220. The predicted molar refractivity (Wildman–Crippen MR) is 110 cm³/mol. The molecule has 0 aliphatic rings. The third-order valence-electron chi connectivity index (χ3n) is 4.61. The largest absolute Gasteiger partial charge is 0.423 e. The number of nitrogens with zero attached hydrogens (tertiary/aromatic N) is 2. The van der Waals surface area contributed by atoms with Crippen molar-refractivity contribution in [2.75, 3.05) is 0 Å². The minimum absolute atomic E-state index is 0.0692. The van der Waals surface area contributed by atoms with Crippen LogP contribution >= 0.6 is 0 Å². The Morgan fingerprint density at radius 2 is 1.16 bits per heavy atom. The summed E-state index contributed by atoms with van der Waals surface area (Å²) in [6.07, 6.45) is 0. The summed E-state index contributed by atoms with van der Waals surface area (Å²) in [5.41, 5.74) is 1.32. The Balaban J connectivity index is 1.74. The molecule has 0 amide bonds. The molecule has 0 bridgehead atoms. The van der Waals surface area contributed by atoms with Gasteiger partial charge in [-0.15, -0.1) is 0 Å². The lowest BCUT2D eigenvalue weighted by atomic mass is 10.0. The van der Waals surface area contributed by atoms with E-state index in [1.807, 2.05) is 0 Å². The summed E-state index contributed by atoms with van der Waals surface area (Å²) in [5.74, 6) is -0.831. The zero-order valence-corrected chi connectivity index (χ0v) is 16.5. The highest BCUT2D eigenvalue weighted by atomic mass is 16.6. The van der Waals surface area contributed by atoms with Crippen molar-refractivity contribution in [2.24, 2.45) is 0 Å². The van der Waals surface area contributed by atoms with Crippen LogP contribution in [0.4, 0.5) is 11.4 Å². The molecular weight excluding hydrogens is 404 g/mol. The molecule has 3 aromatic rings. The summed E-state index contributed by atoms with van der Waals surface area (Å²) in [5, 5.41) is 21.8. The van der Waals surface area contributed by atoms with Crippen LogP contribution in [0, 0.1) is 34.1 Å². The van der Waals surface area contributed by atoms with E-state index in [1.54, 1.807) is 6.92 Å². The fourth-order valence-electron chi connectivity index (χ4n) is 3.00. The lowest BCUT2D eigenvalue weighted by molar-refractivity contribution is -0.385. The average molecular weight is 420 g/mol. The number of esters is 1. The van der Waals surface area contributed by atoms with Gasteiger partial charge in [0.1, 0.15) is 5.75 Å². The Hall–Kier alpha value is -4.40. The van der Waals surface area contributed by atoms with Crippen molar-refractivity contribution < 1.29 is 24.2 Å². The second kappa shape index (κ2) is 8.54.